The Hall–Kier alpha value is -2.78. The molecule has 0 aliphatic heterocycles. The Morgan fingerprint density at radius 3 is 2.41 bits per heavy atom. The normalized spacial score (nSPS) is 11.3. The molecule has 0 unspecified atom stereocenters. The van der Waals surface area contributed by atoms with Gasteiger partial charge in [-0.05, 0) is 59.5 Å². The lowest BCUT2D eigenvalue weighted by Crippen LogP contribution is -1.99. The summed E-state index contributed by atoms with van der Waals surface area (Å²) in [6.45, 7) is 5.21. The molecule has 27 heavy (non-hydrogen) atoms. The van der Waals surface area contributed by atoms with Crippen LogP contribution < -0.4 is 5.32 Å². The van der Waals surface area contributed by atoms with E-state index in [9.17, 15) is 0 Å². The van der Waals surface area contributed by atoms with Crippen LogP contribution in [-0.4, -0.2) is 4.98 Å². The number of rotatable bonds is 5. The van der Waals surface area contributed by atoms with Gasteiger partial charge in [-0.15, -0.1) is 0 Å². The lowest BCUT2D eigenvalue weighted by molar-refractivity contribution is 0.620. The molecular weight excluding hydrogens is 356 g/mol. The van der Waals surface area contributed by atoms with E-state index >= 15 is 0 Å². The fourth-order valence-corrected chi connectivity index (χ4v) is 3.15. The highest BCUT2D eigenvalue weighted by Crippen LogP contribution is 2.27. The van der Waals surface area contributed by atoms with Crippen LogP contribution in [0.5, 0.6) is 0 Å². The average molecular weight is 377 g/mol. The standard InChI is InChI=1S/C23H21ClN2O/c1-15(2)17-5-3-16(4-6-17)14-25-20-10-7-18(8-11-20)23-26-21-13-19(24)9-12-22(21)27-23/h3-13,15,25H,14H2,1-2H3. The van der Waals surface area contributed by atoms with E-state index in [0.29, 0.717) is 16.8 Å². The van der Waals surface area contributed by atoms with Gasteiger partial charge in [-0.1, -0.05) is 49.7 Å². The summed E-state index contributed by atoms with van der Waals surface area (Å²) < 4.78 is 5.82. The number of aromatic nitrogens is 1. The first-order valence-corrected chi connectivity index (χ1v) is 9.45. The predicted octanol–water partition coefficient (Wildman–Crippen LogP) is 6.88. The van der Waals surface area contributed by atoms with Gasteiger partial charge in [-0.3, -0.25) is 0 Å². The van der Waals surface area contributed by atoms with E-state index in [1.165, 1.54) is 11.1 Å². The molecule has 0 saturated carbocycles. The zero-order valence-corrected chi connectivity index (χ0v) is 16.1. The predicted molar refractivity (Wildman–Crippen MR) is 112 cm³/mol. The van der Waals surface area contributed by atoms with E-state index < -0.39 is 0 Å². The monoisotopic (exact) mass is 376 g/mol. The smallest absolute Gasteiger partial charge is 0.227 e. The van der Waals surface area contributed by atoms with E-state index in [2.05, 4.69) is 48.4 Å². The van der Waals surface area contributed by atoms with Crippen molar-refractivity contribution in [3.63, 3.8) is 0 Å². The first-order chi connectivity index (χ1) is 13.1. The quantitative estimate of drug-likeness (QED) is 0.412. The molecule has 1 heterocycles. The molecule has 3 nitrogen and oxygen atoms in total. The first kappa shape index (κ1) is 17.6. The number of oxazole rings is 1. The van der Waals surface area contributed by atoms with Crippen LogP contribution in [0, 0.1) is 0 Å². The number of halogens is 1. The molecule has 4 aromatic rings. The maximum Gasteiger partial charge on any atom is 0.227 e. The van der Waals surface area contributed by atoms with E-state index in [1.54, 1.807) is 6.07 Å². The van der Waals surface area contributed by atoms with Gasteiger partial charge in [-0.25, -0.2) is 4.98 Å². The molecule has 4 heteroatoms. The summed E-state index contributed by atoms with van der Waals surface area (Å²) >= 11 is 6.01. The fourth-order valence-electron chi connectivity index (χ4n) is 2.98. The minimum absolute atomic E-state index is 0.558. The van der Waals surface area contributed by atoms with Gasteiger partial charge in [0.2, 0.25) is 5.89 Å². The Bertz CT molecular complexity index is 1050. The fraction of sp³-hybridized carbons (Fsp3) is 0.174. The average Bonchev–Trinajstić information content (AvgIpc) is 3.10. The van der Waals surface area contributed by atoms with Crippen molar-refractivity contribution in [1.29, 1.82) is 0 Å². The molecule has 136 valence electrons. The van der Waals surface area contributed by atoms with Crippen molar-refractivity contribution in [2.75, 3.05) is 5.32 Å². The zero-order chi connectivity index (χ0) is 18.8. The van der Waals surface area contributed by atoms with Crippen LogP contribution in [-0.2, 0) is 6.54 Å². The van der Waals surface area contributed by atoms with Gasteiger partial charge in [0, 0.05) is 22.8 Å². The molecule has 1 aromatic heterocycles. The van der Waals surface area contributed by atoms with Crippen molar-refractivity contribution < 1.29 is 4.42 Å². The van der Waals surface area contributed by atoms with Crippen molar-refractivity contribution in [2.45, 2.75) is 26.3 Å². The second kappa shape index (κ2) is 7.45. The maximum atomic E-state index is 6.01. The second-order valence-electron chi connectivity index (χ2n) is 6.96. The molecule has 0 fully saturated rings. The van der Waals surface area contributed by atoms with E-state index in [4.69, 9.17) is 16.0 Å². The van der Waals surface area contributed by atoms with Crippen LogP contribution >= 0.6 is 11.6 Å². The Morgan fingerprint density at radius 2 is 1.70 bits per heavy atom. The van der Waals surface area contributed by atoms with Crippen molar-refractivity contribution in [3.05, 3.63) is 82.9 Å². The van der Waals surface area contributed by atoms with Gasteiger partial charge >= 0.3 is 0 Å². The number of hydrogen-bond donors (Lipinski definition) is 1. The maximum absolute atomic E-state index is 6.01. The second-order valence-corrected chi connectivity index (χ2v) is 7.39. The van der Waals surface area contributed by atoms with Gasteiger partial charge in [0.25, 0.3) is 0 Å². The summed E-state index contributed by atoms with van der Waals surface area (Å²) in [6.07, 6.45) is 0. The molecule has 3 aromatic carbocycles. The number of anilines is 1. The highest BCUT2D eigenvalue weighted by atomic mass is 35.5. The van der Waals surface area contributed by atoms with Crippen LogP contribution in [0.1, 0.15) is 30.9 Å². The molecule has 0 bridgehead atoms. The van der Waals surface area contributed by atoms with E-state index in [1.807, 2.05) is 36.4 Å². The molecule has 4 rings (SSSR count). The van der Waals surface area contributed by atoms with Gasteiger partial charge in [0.1, 0.15) is 5.52 Å². The van der Waals surface area contributed by atoms with Gasteiger partial charge in [0.15, 0.2) is 5.58 Å². The third kappa shape index (κ3) is 3.99. The van der Waals surface area contributed by atoms with Crippen molar-refractivity contribution in [2.24, 2.45) is 0 Å². The lowest BCUT2D eigenvalue weighted by atomic mass is 10.0. The van der Waals surface area contributed by atoms with Crippen LogP contribution in [0.3, 0.4) is 0 Å². The summed E-state index contributed by atoms with van der Waals surface area (Å²) in [5.74, 6) is 1.16. The molecular formula is C23H21ClN2O. The van der Waals surface area contributed by atoms with Crippen molar-refractivity contribution in [1.82, 2.24) is 4.98 Å². The Kier molecular flexibility index (Phi) is 4.87. The minimum Gasteiger partial charge on any atom is -0.436 e. The third-order valence-corrected chi connectivity index (χ3v) is 4.86. The van der Waals surface area contributed by atoms with Crippen LogP contribution in [0.4, 0.5) is 5.69 Å². The minimum atomic E-state index is 0.558. The Balaban J connectivity index is 1.45. The van der Waals surface area contributed by atoms with Gasteiger partial charge < -0.3 is 9.73 Å². The molecule has 0 spiro atoms. The SMILES string of the molecule is CC(C)c1ccc(CNc2ccc(-c3nc4cc(Cl)ccc4o3)cc2)cc1. The topological polar surface area (TPSA) is 38.1 Å². The summed E-state index contributed by atoms with van der Waals surface area (Å²) in [4.78, 5) is 4.52. The Morgan fingerprint density at radius 1 is 0.963 bits per heavy atom. The highest BCUT2D eigenvalue weighted by Gasteiger charge is 2.08. The number of nitrogens with one attached hydrogen (secondary N) is 1. The number of benzene rings is 3. The summed E-state index contributed by atoms with van der Waals surface area (Å²) in [5, 5.41) is 4.11. The zero-order valence-electron chi connectivity index (χ0n) is 15.4. The molecule has 0 aliphatic carbocycles. The third-order valence-electron chi connectivity index (χ3n) is 4.62. The number of nitrogens with zero attached hydrogens (tertiary/aromatic N) is 1. The highest BCUT2D eigenvalue weighted by molar-refractivity contribution is 6.31. The molecule has 0 atom stereocenters. The number of hydrogen-bond acceptors (Lipinski definition) is 3. The van der Waals surface area contributed by atoms with Crippen LogP contribution in [0.25, 0.3) is 22.6 Å². The summed E-state index contributed by atoms with van der Waals surface area (Å²) in [5.41, 5.74) is 6.13. The van der Waals surface area contributed by atoms with E-state index in [-0.39, 0.29) is 0 Å². The first-order valence-electron chi connectivity index (χ1n) is 9.08. The molecule has 0 radical (unpaired) electrons. The molecule has 1 N–H and O–H groups in total. The summed E-state index contributed by atoms with van der Waals surface area (Å²) in [6, 6.07) is 22.3. The Labute approximate surface area is 164 Å². The lowest BCUT2D eigenvalue weighted by Gasteiger charge is -2.09. The van der Waals surface area contributed by atoms with Gasteiger partial charge in [0.05, 0.1) is 0 Å². The van der Waals surface area contributed by atoms with E-state index in [0.717, 1.165) is 28.9 Å². The van der Waals surface area contributed by atoms with Crippen LogP contribution in [0.15, 0.2) is 71.1 Å². The largest absolute Gasteiger partial charge is 0.436 e. The molecule has 0 saturated heterocycles. The van der Waals surface area contributed by atoms with Crippen LogP contribution in [0.2, 0.25) is 5.02 Å². The number of fused-ring (bicyclic) bond motifs is 1. The van der Waals surface area contributed by atoms with Gasteiger partial charge in [-0.2, -0.15) is 0 Å². The summed E-state index contributed by atoms with van der Waals surface area (Å²) in [7, 11) is 0. The van der Waals surface area contributed by atoms with Crippen molar-refractivity contribution in [3.8, 4) is 11.5 Å². The molecule has 0 aliphatic rings. The van der Waals surface area contributed by atoms with Crippen molar-refractivity contribution >= 4 is 28.4 Å². The molecule has 0 amide bonds.